The molecule has 0 unspecified atom stereocenters. The zero-order valence-corrected chi connectivity index (χ0v) is 17.6. The molecule has 0 aliphatic carbocycles. The molecule has 1 aromatic heterocycles. The second-order valence-corrected chi connectivity index (χ2v) is 9.54. The Balaban J connectivity index is 1.81. The van der Waals surface area contributed by atoms with Crippen LogP contribution in [-0.4, -0.2) is 39.7 Å². The van der Waals surface area contributed by atoms with Gasteiger partial charge in [-0.15, -0.1) is 11.3 Å². The Morgan fingerprint density at radius 1 is 1.29 bits per heavy atom. The number of nitrogens with zero attached hydrogens (tertiary/aromatic N) is 1. The topological polar surface area (TPSA) is 92.8 Å². The van der Waals surface area contributed by atoms with Gasteiger partial charge in [0.1, 0.15) is 4.88 Å². The third-order valence-corrected chi connectivity index (χ3v) is 6.75. The number of hydrogen-bond acceptors (Lipinski definition) is 6. The van der Waals surface area contributed by atoms with Gasteiger partial charge in [0.15, 0.2) is 0 Å². The molecular formula is C19H22N2O5S2. The van der Waals surface area contributed by atoms with Crippen LogP contribution in [0.25, 0.3) is 0 Å². The average molecular weight is 423 g/mol. The average Bonchev–Trinajstić information content (AvgIpc) is 3.00. The zero-order valence-electron chi connectivity index (χ0n) is 15.9. The van der Waals surface area contributed by atoms with E-state index in [1.165, 1.54) is 21.9 Å². The van der Waals surface area contributed by atoms with Gasteiger partial charge in [-0.2, -0.15) is 0 Å². The molecule has 0 fully saturated rings. The lowest BCUT2D eigenvalue weighted by Crippen LogP contribution is -2.34. The lowest BCUT2D eigenvalue weighted by atomic mass is 10.0. The Hall–Kier alpha value is -2.39. The molecule has 1 N–H and O–H groups in total. The molecule has 1 amide bonds. The highest BCUT2D eigenvalue weighted by atomic mass is 32.2. The molecular weight excluding hydrogens is 400 g/mol. The summed E-state index contributed by atoms with van der Waals surface area (Å²) in [6, 6.07) is 6.76. The number of amides is 1. The van der Waals surface area contributed by atoms with Gasteiger partial charge in [-0.3, -0.25) is 9.10 Å². The Bertz CT molecular complexity index is 1030. The quantitative estimate of drug-likeness (QED) is 0.747. The van der Waals surface area contributed by atoms with E-state index in [0.29, 0.717) is 40.5 Å². The molecule has 0 saturated heterocycles. The van der Waals surface area contributed by atoms with Crippen LogP contribution < -0.4 is 9.62 Å². The summed E-state index contributed by atoms with van der Waals surface area (Å²) in [6.45, 7) is 4.27. The van der Waals surface area contributed by atoms with Crippen LogP contribution in [0, 0.1) is 6.92 Å². The highest BCUT2D eigenvalue weighted by Crippen LogP contribution is 2.31. The fraction of sp³-hybridized carbons (Fsp3) is 0.368. The number of sulfonamides is 1. The van der Waals surface area contributed by atoms with E-state index in [9.17, 15) is 18.0 Å². The lowest BCUT2D eigenvalue weighted by Gasteiger charge is -2.29. The Labute approximate surface area is 168 Å². The summed E-state index contributed by atoms with van der Waals surface area (Å²) in [4.78, 5) is 25.0. The van der Waals surface area contributed by atoms with E-state index in [2.05, 4.69) is 5.32 Å². The van der Waals surface area contributed by atoms with E-state index in [0.717, 1.165) is 11.1 Å². The molecule has 0 bridgehead atoms. The summed E-state index contributed by atoms with van der Waals surface area (Å²) in [7, 11) is -3.35. The number of thiophene rings is 1. The van der Waals surface area contributed by atoms with Crippen LogP contribution in [0.5, 0.6) is 0 Å². The molecule has 2 heterocycles. The van der Waals surface area contributed by atoms with Crippen molar-refractivity contribution in [1.29, 1.82) is 0 Å². The number of carbonyl (C=O) groups excluding carboxylic acids is 2. The van der Waals surface area contributed by atoms with Crippen molar-refractivity contribution in [3.05, 3.63) is 45.8 Å². The molecule has 7 nitrogen and oxygen atoms in total. The fourth-order valence-electron chi connectivity index (χ4n) is 3.18. The van der Waals surface area contributed by atoms with Crippen LogP contribution >= 0.6 is 11.3 Å². The summed E-state index contributed by atoms with van der Waals surface area (Å²) in [5.74, 6) is -0.712. The summed E-state index contributed by atoms with van der Waals surface area (Å²) in [6.07, 6.45) is 2.61. The Morgan fingerprint density at radius 2 is 2.04 bits per heavy atom. The first-order valence-electron chi connectivity index (χ1n) is 8.90. The SMILES string of the molecule is CCOC(=O)c1sc(NC(=O)c2ccc3c(c2)CCCN3S(C)(=O)=O)cc1C. The molecule has 3 rings (SSSR count). The third kappa shape index (κ3) is 4.20. The third-order valence-electron chi connectivity index (χ3n) is 4.43. The second kappa shape index (κ2) is 7.92. The predicted molar refractivity (Wildman–Crippen MR) is 110 cm³/mol. The standard InChI is InChI=1S/C19H22N2O5S2/c1-4-26-19(23)17-12(2)10-16(27-17)20-18(22)14-7-8-15-13(11-14)6-5-9-21(15)28(3,24)25/h7-8,10-11H,4-6,9H2,1-3H3,(H,20,22). The molecule has 1 aromatic carbocycles. The monoisotopic (exact) mass is 422 g/mol. The number of benzene rings is 1. The van der Waals surface area contributed by atoms with E-state index < -0.39 is 16.0 Å². The molecule has 28 heavy (non-hydrogen) atoms. The van der Waals surface area contributed by atoms with Crippen molar-refractivity contribution in [2.45, 2.75) is 26.7 Å². The highest BCUT2D eigenvalue weighted by Gasteiger charge is 2.25. The van der Waals surface area contributed by atoms with E-state index in [1.54, 1.807) is 38.1 Å². The first kappa shape index (κ1) is 20.3. The van der Waals surface area contributed by atoms with Crippen LogP contribution in [0.4, 0.5) is 10.7 Å². The van der Waals surface area contributed by atoms with Crippen molar-refractivity contribution in [1.82, 2.24) is 0 Å². The van der Waals surface area contributed by atoms with Crippen molar-refractivity contribution >= 4 is 43.9 Å². The maximum absolute atomic E-state index is 12.6. The van der Waals surface area contributed by atoms with Gasteiger partial charge in [0, 0.05) is 12.1 Å². The lowest BCUT2D eigenvalue weighted by molar-refractivity contribution is 0.0531. The van der Waals surface area contributed by atoms with Crippen molar-refractivity contribution in [2.75, 3.05) is 29.0 Å². The molecule has 0 atom stereocenters. The van der Waals surface area contributed by atoms with E-state index in [4.69, 9.17) is 4.74 Å². The number of carbonyl (C=O) groups is 2. The van der Waals surface area contributed by atoms with Crippen LogP contribution in [0.3, 0.4) is 0 Å². The number of hydrogen-bond donors (Lipinski definition) is 1. The zero-order chi connectivity index (χ0) is 20.5. The number of aryl methyl sites for hydroxylation is 2. The first-order valence-corrected chi connectivity index (χ1v) is 11.6. The number of rotatable bonds is 5. The van der Waals surface area contributed by atoms with Crippen LogP contribution in [0.1, 0.15) is 44.5 Å². The van der Waals surface area contributed by atoms with Gasteiger partial charge in [-0.25, -0.2) is 13.2 Å². The van der Waals surface area contributed by atoms with Gasteiger partial charge in [0.05, 0.1) is 23.6 Å². The molecule has 1 aliphatic rings. The van der Waals surface area contributed by atoms with Crippen molar-refractivity contribution in [2.24, 2.45) is 0 Å². The smallest absolute Gasteiger partial charge is 0.348 e. The molecule has 2 aromatic rings. The van der Waals surface area contributed by atoms with Gasteiger partial charge in [-0.1, -0.05) is 0 Å². The molecule has 150 valence electrons. The number of esters is 1. The normalized spacial score (nSPS) is 13.8. The fourth-order valence-corrected chi connectivity index (χ4v) is 5.13. The van der Waals surface area contributed by atoms with Crippen LogP contribution in [-0.2, 0) is 21.2 Å². The molecule has 9 heteroatoms. The second-order valence-electron chi connectivity index (χ2n) is 6.58. The van der Waals surface area contributed by atoms with Gasteiger partial charge >= 0.3 is 5.97 Å². The number of nitrogens with one attached hydrogen (secondary N) is 1. The largest absolute Gasteiger partial charge is 0.462 e. The summed E-state index contributed by atoms with van der Waals surface area (Å²) in [5.41, 5.74) is 2.64. The number of ether oxygens (including phenoxy) is 1. The van der Waals surface area contributed by atoms with Gasteiger partial charge < -0.3 is 10.1 Å². The van der Waals surface area contributed by atoms with Gasteiger partial charge in [0.2, 0.25) is 10.0 Å². The molecule has 0 radical (unpaired) electrons. The minimum atomic E-state index is -3.35. The van der Waals surface area contributed by atoms with Gasteiger partial charge in [-0.05, 0) is 62.1 Å². The summed E-state index contributed by atoms with van der Waals surface area (Å²) >= 11 is 1.17. The molecule has 1 aliphatic heterocycles. The minimum Gasteiger partial charge on any atom is -0.462 e. The minimum absolute atomic E-state index is 0.289. The maximum atomic E-state index is 12.6. The summed E-state index contributed by atoms with van der Waals surface area (Å²) < 4.78 is 30.3. The van der Waals surface area contributed by atoms with Crippen molar-refractivity contribution in [3.8, 4) is 0 Å². The predicted octanol–water partition coefficient (Wildman–Crippen LogP) is 3.20. The van der Waals surface area contributed by atoms with Crippen LogP contribution in [0.15, 0.2) is 24.3 Å². The summed E-state index contributed by atoms with van der Waals surface area (Å²) in [5, 5.41) is 3.36. The highest BCUT2D eigenvalue weighted by molar-refractivity contribution is 7.92. The molecule has 0 saturated carbocycles. The van der Waals surface area contributed by atoms with Crippen molar-refractivity contribution < 1.29 is 22.7 Å². The van der Waals surface area contributed by atoms with Gasteiger partial charge in [0.25, 0.3) is 5.91 Å². The number of anilines is 2. The maximum Gasteiger partial charge on any atom is 0.348 e. The van der Waals surface area contributed by atoms with E-state index >= 15 is 0 Å². The molecule has 0 spiro atoms. The Morgan fingerprint density at radius 3 is 2.71 bits per heavy atom. The van der Waals surface area contributed by atoms with Crippen molar-refractivity contribution in [3.63, 3.8) is 0 Å². The van der Waals surface area contributed by atoms with Crippen LogP contribution in [0.2, 0.25) is 0 Å². The first-order chi connectivity index (χ1) is 13.2. The Kier molecular flexibility index (Phi) is 5.76. The number of fused-ring (bicyclic) bond motifs is 1. The van der Waals surface area contributed by atoms with E-state index in [1.807, 2.05) is 0 Å². The van der Waals surface area contributed by atoms with E-state index in [-0.39, 0.29) is 12.5 Å².